The van der Waals surface area contributed by atoms with Crippen molar-refractivity contribution in [2.75, 3.05) is 26.2 Å². The normalized spacial score (nSPS) is 19.6. The highest BCUT2D eigenvalue weighted by atomic mass is 16.5. The molecule has 1 aliphatic rings. The minimum atomic E-state index is -0.784. The maximum absolute atomic E-state index is 12.0. The van der Waals surface area contributed by atoms with E-state index in [0.29, 0.717) is 38.6 Å². The fraction of sp³-hybridized carbons (Fsp3) is 0.786. The van der Waals surface area contributed by atoms with Crippen molar-refractivity contribution >= 4 is 12.0 Å². The Morgan fingerprint density at radius 1 is 1.52 bits per heavy atom. The predicted octanol–water partition coefficient (Wildman–Crippen LogP) is 1.20. The highest BCUT2D eigenvalue weighted by Crippen LogP contribution is 2.14. The van der Waals surface area contributed by atoms with Gasteiger partial charge >= 0.3 is 12.0 Å². The number of nitrogens with one attached hydrogen (secondary N) is 1. The number of ether oxygens (including phenoxy) is 1. The Kier molecular flexibility index (Phi) is 7.54. The second kappa shape index (κ2) is 9.19. The van der Waals surface area contributed by atoms with E-state index >= 15 is 0 Å². The van der Waals surface area contributed by atoms with Crippen LogP contribution in [0.2, 0.25) is 0 Å². The summed E-state index contributed by atoms with van der Waals surface area (Å²) in [7, 11) is 0. The Morgan fingerprint density at radius 3 is 2.90 bits per heavy atom. The summed E-state index contributed by atoms with van der Waals surface area (Å²) in [6.45, 7) is 3.69. The van der Waals surface area contributed by atoms with E-state index in [9.17, 15) is 9.59 Å². The lowest BCUT2D eigenvalue weighted by molar-refractivity contribution is -0.137. The summed E-state index contributed by atoms with van der Waals surface area (Å²) < 4.78 is 5.18. The second-order valence-electron chi connectivity index (χ2n) is 5.16. The number of rotatable bonds is 7. The van der Waals surface area contributed by atoms with Crippen LogP contribution < -0.4 is 5.32 Å². The molecule has 1 rings (SSSR count). The fourth-order valence-corrected chi connectivity index (χ4v) is 2.29. The van der Waals surface area contributed by atoms with Crippen LogP contribution in [-0.2, 0) is 9.53 Å². The monoisotopic (exact) mass is 297 g/mol. The van der Waals surface area contributed by atoms with E-state index < -0.39 is 12.1 Å². The van der Waals surface area contributed by atoms with Gasteiger partial charge in [-0.3, -0.25) is 4.79 Å². The van der Waals surface area contributed by atoms with Crippen LogP contribution in [0.1, 0.15) is 32.6 Å². The molecule has 21 heavy (non-hydrogen) atoms. The summed E-state index contributed by atoms with van der Waals surface area (Å²) in [5, 5.41) is 20.3. The van der Waals surface area contributed by atoms with Crippen LogP contribution in [0.5, 0.6) is 0 Å². The minimum absolute atomic E-state index is 0.166. The van der Waals surface area contributed by atoms with Crippen molar-refractivity contribution in [3.63, 3.8) is 0 Å². The van der Waals surface area contributed by atoms with Gasteiger partial charge in [-0.2, -0.15) is 5.26 Å². The Morgan fingerprint density at radius 2 is 2.29 bits per heavy atom. The number of carboxylic acid groups (broad SMARTS) is 1. The van der Waals surface area contributed by atoms with E-state index in [1.807, 2.05) is 13.0 Å². The molecule has 2 amide bonds. The Hall–Kier alpha value is -1.81. The van der Waals surface area contributed by atoms with Crippen molar-refractivity contribution in [1.82, 2.24) is 10.2 Å². The van der Waals surface area contributed by atoms with Crippen LogP contribution in [0.3, 0.4) is 0 Å². The molecule has 7 heteroatoms. The van der Waals surface area contributed by atoms with Crippen LogP contribution in [0.15, 0.2) is 0 Å². The van der Waals surface area contributed by atoms with Crippen LogP contribution >= 0.6 is 0 Å². The number of nitriles is 1. The number of urea groups is 1. The molecule has 1 saturated heterocycles. The molecule has 0 aromatic carbocycles. The van der Waals surface area contributed by atoms with Gasteiger partial charge in [0.05, 0.1) is 19.2 Å². The molecule has 1 aliphatic heterocycles. The average molecular weight is 297 g/mol. The lowest BCUT2D eigenvalue weighted by Gasteiger charge is -2.30. The van der Waals surface area contributed by atoms with Crippen molar-refractivity contribution in [3.05, 3.63) is 0 Å². The van der Waals surface area contributed by atoms with Gasteiger partial charge in [-0.1, -0.05) is 13.3 Å². The first kappa shape index (κ1) is 17.2. The third kappa shape index (κ3) is 6.45. The van der Waals surface area contributed by atoms with Gasteiger partial charge in [-0.15, -0.1) is 0 Å². The maximum Gasteiger partial charge on any atom is 0.317 e. The van der Waals surface area contributed by atoms with E-state index in [4.69, 9.17) is 15.1 Å². The number of amides is 2. The van der Waals surface area contributed by atoms with Gasteiger partial charge in [-0.05, 0) is 18.8 Å². The smallest absolute Gasteiger partial charge is 0.317 e. The van der Waals surface area contributed by atoms with Gasteiger partial charge in [0.1, 0.15) is 0 Å². The quantitative estimate of drug-likeness (QED) is 0.735. The zero-order valence-corrected chi connectivity index (χ0v) is 12.4. The summed E-state index contributed by atoms with van der Waals surface area (Å²) in [6, 6.07) is 1.81. The molecule has 7 nitrogen and oxygen atoms in total. The highest BCUT2D eigenvalue weighted by molar-refractivity contribution is 5.74. The second-order valence-corrected chi connectivity index (χ2v) is 5.16. The first-order valence-corrected chi connectivity index (χ1v) is 7.32. The average Bonchev–Trinajstić information content (AvgIpc) is 2.50. The van der Waals surface area contributed by atoms with Gasteiger partial charge in [0.15, 0.2) is 6.10 Å². The summed E-state index contributed by atoms with van der Waals surface area (Å²) in [5.74, 6) is -0.480. The molecule has 1 fully saturated rings. The zero-order valence-electron chi connectivity index (χ0n) is 12.4. The van der Waals surface area contributed by atoms with Crippen molar-refractivity contribution in [1.29, 1.82) is 5.26 Å². The molecule has 118 valence electrons. The predicted molar refractivity (Wildman–Crippen MR) is 75.6 cm³/mol. The SMILES string of the molecule is CCC(CCNC(=O)N1CCOC(C#N)C1)CCC(=O)O. The largest absolute Gasteiger partial charge is 0.481 e. The zero-order chi connectivity index (χ0) is 15.7. The molecule has 0 saturated carbocycles. The van der Waals surface area contributed by atoms with E-state index in [0.717, 1.165) is 12.8 Å². The first-order valence-electron chi connectivity index (χ1n) is 7.32. The van der Waals surface area contributed by atoms with Crippen LogP contribution in [0.4, 0.5) is 4.79 Å². The third-order valence-corrected chi connectivity index (χ3v) is 3.67. The van der Waals surface area contributed by atoms with Crippen molar-refractivity contribution < 1.29 is 19.4 Å². The highest BCUT2D eigenvalue weighted by Gasteiger charge is 2.23. The van der Waals surface area contributed by atoms with Crippen molar-refractivity contribution in [2.24, 2.45) is 5.92 Å². The molecular formula is C14H23N3O4. The van der Waals surface area contributed by atoms with Crippen LogP contribution in [0.25, 0.3) is 0 Å². The van der Waals surface area contributed by atoms with Crippen molar-refractivity contribution in [3.8, 4) is 6.07 Å². The summed E-state index contributed by atoms with van der Waals surface area (Å²) in [5.41, 5.74) is 0. The van der Waals surface area contributed by atoms with Gasteiger partial charge in [0.2, 0.25) is 0 Å². The molecule has 0 radical (unpaired) electrons. The first-order chi connectivity index (χ1) is 10.1. The maximum atomic E-state index is 12.0. The number of carboxylic acids is 1. The molecule has 2 unspecified atom stereocenters. The van der Waals surface area contributed by atoms with E-state index in [1.165, 1.54) is 0 Å². The molecule has 1 heterocycles. The molecule has 0 aliphatic carbocycles. The lowest BCUT2D eigenvalue weighted by atomic mass is 9.97. The van der Waals surface area contributed by atoms with Gasteiger partial charge in [0.25, 0.3) is 0 Å². The summed E-state index contributed by atoms with van der Waals surface area (Å²) in [6.07, 6.45) is 1.91. The summed E-state index contributed by atoms with van der Waals surface area (Å²) >= 11 is 0. The molecule has 2 atom stereocenters. The number of morpholine rings is 1. The number of carbonyl (C=O) groups is 2. The fourth-order valence-electron chi connectivity index (χ4n) is 2.29. The lowest BCUT2D eigenvalue weighted by Crippen LogP contribution is -2.49. The van der Waals surface area contributed by atoms with Gasteiger partial charge in [-0.25, -0.2) is 4.79 Å². The minimum Gasteiger partial charge on any atom is -0.481 e. The van der Waals surface area contributed by atoms with Crippen LogP contribution in [-0.4, -0.2) is 54.4 Å². The number of aliphatic carboxylic acids is 1. The number of hydrogen-bond donors (Lipinski definition) is 2. The molecule has 0 bridgehead atoms. The molecule has 0 aromatic rings. The molecule has 0 aromatic heterocycles. The Balaban J connectivity index is 2.25. The van der Waals surface area contributed by atoms with Gasteiger partial charge in [0, 0.05) is 19.5 Å². The number of hydrogen-bond acceptors (Lipinski definition) is 4. The number of carbonyl (C=O) groups excluding carboxylic acids is 1. The summed E-state index contributed by atoms with van der Waals surface area (Å²) in [4.78, 5) is 24.1. The van der Waals surface area contributed by atoms with Gasteiger partial charge < -0.3 is 20.1 Å². The number of nitrogens with zero attached hydrogens (tertiary/aromatic N) is 2. The molecule has 0 spiro atoms. The van der Waals surface area contributed by atoms with Crippen LogP contribution in [0, 0.1) is 17.2 Å². The van der Waals surface area contributed by atoms with Crippen molar-refractivity contribution in [2.45, 2.75) is 38.7 Å². The molecular weight excluding hydrogens is 274 g/mol. The van der Waals surface area contributed by atoms with E-state index in [1.54, 1.807) is 4.90 Å². The molecule has 2 N–H and O–H groups in total. The topological polar surface area (TPSA) is 103 Å². The third-order valence-electron chi connectivity index (χ3n) is 3.67. The Labute approximate surface area is 124 Å². The standard InChI is InChI=1S/C14H23N3O4/c1-2-11(3-4-13(18)19)5-6-16-14(20)17-7-8-21-12(9-15)10-17/h11-12H,2-8,10H2,1H3,(H,16,20)(H,18,19). The van der Waals surface area contributed by atoms with E-state index in [2.05, 4.69) is 5.32 Å². The van der Waals surface area contributed by atoms with E-state index in [-0.39, 0.29) is 12.5 Å². The Bertz CT molecular complexity index is 394.